The van der Waals surface area contributed by atoms with Crippen molar-refractivity contribution in [3.63, 3.8) is 0 Å². The van der Waals surface area contributed by atoms with Gasteiger partial charge in [-0.2, -0.15) is 0 Å². The summed E-state index contributed by atoms with van der Waals surface area (Å²) in [6.45, 7) is 3.03. The molecule has 0 radical (unpaired) electrons. The number of benzene rings is 1. The Morgan fingerprint density at radius 1 is 1.33 bits per heavy atom. The first kappa shape index (κ1) is 19.9. The Morgan fingerprint density at radius 2 is 2.07 bits per heavy atom. The van der Waals surface area contributed by atoms with Gasteiger partial charge in [0.15, 0.2) is 5.82 Å². The van der Waals surface area contributed by atoms with Gasteiger partial charge in [-0.3, -0.25) is 4.57 Å². The monoisotopic (exact) mass is 396 g/mol. The van der Waals surface area contributed by atoms with Crippen LogP contribution in [-0.2, 0) is 26.9 Å². The van der Waals surface area contributed by atoms with Gasteiger partial charge in [-0.1, -0.05) is 25.5 Å². The van der Waals surface area contributed by atoms with Crippen molar-refractivity contribution in [3.8, 4) is 0 Å². The van der Waals surface area contributed by atoms with E-state index in [0.29, 0.717) is 31.0 Å². The zero-order valence-corrected chi connectivity index (χ0v) is 16.2. The van der Waals surface area contributed by atoms with E-state index >= 15 is 0 Å². The second kappa shape index (κ2) is 8.45. The molecular weight excluding hydrogens is 371 g/mol. The highest BCUT2D eigenvalue weighted by Gasteiger charge is 2.29. The molecule has 7 nitrogen and oxygen atoms in total. The molecule has 2 aromatic rings. The number of hydrogen-bond donors (Lipinski definition) is 1. The van der Waals surface area contributed by atoms with Gasteiger partial charge in [-0.15, -0.1) is 10.2 Å². The molecule has 3 rings (SSSR count). The summed E-state index contributed by atoms with van der Waals surface area (Å²) in [7, 11) is -3.77. The van der Waals surface area contributed by atoms with E-state index in [0.717, 1.165) is 19.3 Å². The summed E-state index contributed by atoms with van der Waals surface area (Å²) in [5.74, 6) is -0.226. The molecule has 1 saturated heterocycles. The van der Waals surface area contributed by atoms with E-state index in [1.807, 2.05) is 6.92 Å². The standard InChI is InChI=1S/C18H25FN4O3S/c1-2-4-16(20)17-21-22-18(23(17)11-15-5-3-10-26-15)27(24,25)12-13-6-8-14(19)9-7-13/h6-9,15-16H,2-5,10-12,20H2,1H3. The van der Waals surface area contributed by atoms with E-state index in [4.69, 9.17) is 10.5 Å². The third kappa shape index (κ3) is 4.72. The van der Waals surface area contributed by atoms with Gasteiger partial charge in [0, 0.05) is 6.61 Å². The number of sulfone groups is 1. The molecule has 1 aliphatic rings. The smallest absolute Gasteiger partial charge is 0.250 e. The molecule has 1 fully saturated rings. The first-order valence-corrected chi connectivity index (χ1v) is 10.8. The molecule has 2 heterocycles. The topological polar surface area (TPSA) is 100 Å². The molecule has 2 atom stereocenters. The molecule has 0 aliphatic carbocycles. The highest BCUT2D eigenvalue weighted by molar-refractivity contribution is 7.90. The molecule has 2 unspecified atom stereocenters. The molecular formula is C18H25FN4O3S. The van der Waals surface area contributed by atoms with Crippen LogP contribution >= 0.6 is 0 Å². The number of ether oxygens (including phenoxy) is 1. The SMILES string of the molecule is CCCC(N)c1nnc(S(=O)(=O)Cc2ccc(F)cc2)n1CC1CCCO1. The summed E-state index contributed by atoms with van der Waals surface area (Å²) in [5, 5.41) is 7.95. The van der Waals surface area contributed by atoms with Crippen LogP contribution in [0.5, 0.6) is 0 Å². The van der Waals surface area contributed by atoms with Crippen molar-refractivity contribution in [1.82, 2.24) is 14.8 Å². The van der Waals surface area contributed by atoms with E-state index in [1.165, 1.54) is 24.3 Å². The lowest BCUT2D eigenvalue weighted by molar-refractivity contribution is 0.0936. The summed E-state index contributed by atoms with van der Waals surface area (Å²) in [6, 6.07) is 5.00. The number of nitrogens with two attached hydrogens (primary N) is 1. The quantitative estimate of drug-likeness (QED) is 0.735. The highest BCUT2D eigenvalue weighted by atomic mass is 32.2. The van der Waals surface area contributed by atoms with Crippen LogP contribution in [0.15, 0.2) is 29.4 Å². The minimum absolute atomic E-state index is 0.0756. The van der Waals surface area contributed by atoms with E-state index in [-0.39, 0.29) is 17.0 Å². The first-order chi connectivity index (χ1) is 12.9. The van der Waals surface area contributed by atoms with Crippen molar-refractivity contribution in [2.75, 3.05) is 6.61 Å². The molecule has 9 heteroatoms. The van der Waals surface area contributed by atoms with Crippen LogP contribution in [0.1, 0.15) is 50.0 Å². The van der Waals surface area contributed by atoms with Gasteiger partial charge >= 0.3 is 0 Å². The average molecular weight is 396 g/mol. The molecule has 0 amide bonds. The number of hydrogen-bond acceptors (Lipinski definition) is 6. The summed E-state index contributed by atoms with van der Waals surface area (Å²) < 4.78 is 46.3. The third-order valence-electron chi connectivity index (χ3n) is 4.64. The second-order valence-electron chi connectivity index (χ2n) is 6.87. The summed E-state index contributed by atoms with van der Waals surface area (Å²) in [4.78, 5) is 0. The van der Waals surface area contributed by atoms with Crippen molar-refractivity contribution in [3.05, 3.63) is 41.5 Å². The maximum absolute atomic E-state index is 13.1. The first-order valence-electron chi connectivity index (χ1n) is 9.18. The van der Waals surface area contributed by atoms with Gasteiger partial charge in [-0.25, -0.2) is 12.8 Å². The van der Waals surface area contributed by atoms with Crippen molar-refractivity contribution in [2.24, 2.45) is 5.73 Å². The minimum atomic E-state index is -3.77. The molecule has 1 aliphatic heterocycles. The van der Waals surface area contributed by atoms with Gasteiger partial charge in [0.1, 0.15) is 5.82 Å². The van der Waals surface area contributed by atoms with Gasteiger partial charge in [-0.05, 0) is 37.0 Å². The molecule has 27 heavy (non-hydrogen) atoms. The Balaban J connectivity index is 1.93. The molecule has 0 bridgehead atoms. The molecule has 148 valence electrons. The fourth-order valence-electron chi connectivity index (χ4n) is 3.27. The summed E-state index contributed by atoms with van der Waals surface area (Å²) >= 11 is 0. The predicted octanol–water partition coefficient (Wildman–Crippen LogP) is 2.37. The van der Waals surface area contributed by atoms with Crippen LogP contribution in [0.2, 0.25) is 0 Å². The van der Waals surface area contributed by atoms with Crippen LogP contribution in [0.4, 0.5) is 4.39 Å². The van der Waals surface area contributed by atoms with Gasteiger partial charge in [0.25, 0.3) is 0 Å². The Hall–Kier alpha value is -1.84. The van der Waals surface area contributed by atoms with Crippen molar-refractivity contribution < 1.29 is 17.5 Å². The lowest BCUT2D eigenvalue weighted by Crippen LogP contribution is -2.24. The van der Waals surface area contributed by atoms with Crippen LogP contribution in [0.25, 0.3) is 0 Å². The normalized spacial score (nSPS) is 18.7. The number of nitrogens with zero attached hydrogens (tertiary/aromatic N) is 3. The lowest BCUT2D eigenvalue weighted by atomic mass is 10.1. The third-order valence-corrected chi connectivity index (χ3v) is 6.21. The number of halogens is 1. The molecule has 0 saturated carbocycles. The van der Waals surface area contributed by atoms with Crippen LogP contribution in [0, 0.1) is 5.82 Å². The Labute approximate surface area is 158 Å². The van der Waals surface area contributed by atoms with E-state index in [1.54, 1.807) is 4.57 Å². The van der Waals surface area contributed by atoms with E-state index in [9.17, 15) is 12.8 Å². The fraction of sp³-hybridized carbons (Fsp3) is 0.556. The molecule has 0 spiro atoms. The number of aromatic nitrogens is 3. The van der Waals surface area contributed by atoms with Crippen LogP contribution in [0.3, 0.4) is 0 Å². The second-order valence-corrected chi connectivity index (χ2v) is 8.75. The van der Waals surface area contributed by atoms with Gasteiger partial charge < -0.3 is 10.5 Å². The Kier molecular flexibility index (Phi) is 6.23. The Bertz CT molecular complexity index is 861. The zero-order chi connectivity index (χ0) is 19.4. The van der Waals surface area contributed by atoms with Crippen molar-refractivity contribution in [2.45, 2.75) is 62.2 Å². The average Bonchev–Trinajstić information content (AvgIpc) is 3.27. The van der Waals surface area contributed by atoms with Gasteiger partial charge in [0.2, 0.25) is 15.0 Å². The zero-order valence-electron chi connectivity index (χ0n) is 15.3. The highest BCUT2D eigenvalue weighted by Crippen LogP contribution is 2.24. The fourth-order valence-corrected chi connectivity index (χ4v) is 4.70. The van der Waals surface area contributed by atoms with E-state index < -0.39 is 21.7 Å². The summed E-state index contributed by atoms with van der Waals surface area (Å²) in [5.41, 5.74) is 6.69. The van der Waals surface area contributed by atoms with Crippen molar-refractivity contribution >= 4 is 9.84 Å². The maximum atomic E-state index is 13.1. The number of rotatable bonds is 8. The van der Waals surface area contributed by atoms with Crippen LogP contribution < -0.4 is 5.73 Å². The summed E-state index contributed by atoms with van der Waals surface area (Å²) in [6.07, 6.45) is 3.26. The molecule has 2 N–H and O–H groups in total. The largest absolute Gasteiger partial charge is 0.376 e. The molecule has 1 aromatic heterocycles. The minimum Gasteiger partial charge on any atom is -0.376 e. The van der Waals surface area contributed by atoms with E-state index in [2.05, 4.69) is 10.2 Å². The Morgan fingerprint density at radius 3 is 2.70 bits per heavy atom. The van der Waals surface area contributed by atoms with Gasteiger partial charge in [0.05, 0.1) is 24.4 Å². The lowest BCUT2D eigenvalue weighted by Gasteiger charge is -2.17. The van der Waals surface area contributed by atoms with Crippen LogP contribution in [-0.4, -0.2) is 35.9 Å². The molecule has 1 aromatic carbocycles. The predicted molar refractivity (Wildman–Crippen MR) is 98.1 cm³/mol. The van der Waals surface area contributed by atoms with Crippen molar-refractivity contribution in [1.29, 1.82) is 0 Å². The maximum Gasteiger partial charge on any atom is 0.250 e.